The van der Waals surface area contributed by atoms with Gasteiger partial charge < -0.3 is 4.90 Å². The van der Waals surface area contributed by atoms with Crippen molar-refractivity contribution >= 4 is 22.5 Å². The van der Waals surface area contributed by atoms with E-state index in [0.29, 0.717) is 17.4 Å². The monoisotopic (exact) mass is 251 g/mol. The molecule has 0 aromatic heterocycles. The molecule has 5 heteroatoms. The van der Waals surface area contributed by atoms with Gasteiger partial charge >= 0.3 is 0 Å². The van der Waals surface area contributed by atoms with Gasteiger partial charge in [0.1, 0.15) is 0 Å². The number of rotatable bonds is 5. The maximum absolute atomic E-state index is 11.2. The first-order chi connectivity index (χ1) is 7.03. The molecule has 0 aromatic carbocycles. The van der Waals surface area contributed by atoms with Gasteiger partial charge in [-0.2, -0.15) is 12.6 Å². The molecule has 1 saturated heterocycles. The Morgan fingerprint density at radius 3 is 2.40 bits per heavy atom. The molecule has 0 aliphatic carbocycles. The Balaban J connectivity index is 2.19. The van der Waals surface area contributed by atoms with Crippen LogP contribution in [-0.4, -0.2) is 50.2 Å². The summed E-state index contributed by atoms with van der Waals surface area (Å²) in [4.78, 5) is 2.26. The molecule has 1 unspecified atom stereocenters. The normalized spacial score (nSPS) is 23.9. The van der Waals surface area contributed by atoms with Crippen molar-refractivity contribution < 1.29 is 8.42 Å². The zero-order valence-electron chi connectivity index (χ0n) is 9.35. The Kier molecular flexibility index (Phi) is 5.43. The number of thiol groups is 1. The van der Waals surface area contributed by atoms with Crippen LogP contribution in [0.25, 0.3) is 0 Å². The van der Waals surface area contributed by atoms with Gasteiger partial charge in [0.05, 0.1) is 11.5 Å². The van der Waals surface area contributed by atoms with Gasteiger partial charge in [-0.05, 0) is 31.1 Å². The van der Waals surface area contributed by atoms with Crippen LogP contribution in [0.5, 0.6) is 0 Å². The average molecular weight is 251 g/mol. The second kappa shape index (κ2) is 6.11. The molecule has 0 amide bonds. The molecule has 3 nitrogen and oxygen atoms in total. The van der Waals surface area contributed by atoms with Crippen molar-refractivity contribution in [3.63, 3.8) is 0 Å². The van der Waals surface area contributed by atoms with Crippen molar-refractivity contribution in [3.8, 4) is 0 Å². The fraction of sp³-hybridized carbons (Fsp3) is 1.00. The molecule has 0 saturated carbocycles. The van der Waals surface area contributed by atoms with Crippen molar-refractivity contribution in [1.29, 1.82) is 0 Å². The van der Waals surface area contributed by atoms with Gasteiger partial charge in [-0.25, -0.2) is 8.42 Å². The molecule has 0 aromatic rings. The molecule has 1 fully saturated rings. The molecule has 90 valence electrons. The van der Waals surface area contributed by atoms with Gasteiger partial charge in [0.25, 0.3) is 0 Å². The lowest BCUT2D eigenvalue weighted by Gasteiger charge is -2.27. The van der Waals surface area contributed by atoms with Crippen LogP contribution < -0.4 is 0 Å². The molecule has 15 heavy (non-hydrogen) atoms. The summed E-state index contributed by atoms with van der Waals surface area (Å²) in [5.41, 5.74) is 0. The number of hydrogen-bond donors (Lipinski definition) is 1. The largest absolute Gasteiger partial charge is 0.301 e. The predicted octanol–water partition coefficient (Wildman–Crippen LogP) is 1.06. The zero-order chi connectivity index (χ0) is 11.3. The lowest BCUT2D eigenvalue weighted by atomic mass is 10.1. The van der Waals surface area contributed by atoms with Crippen molar-refractivity contribution in [3.05, 3.63) is 0 Å². The maximum Gasteiger partial charge on any atom is 0.152 e. The highest BCUT2D eigenvalue weighted by atomic mass is 32.2. The fourth-order valence-corrected chi connectivity index (χ4v) is 3.46. The fourth-order valence-electron chi connectivity index (χ4n) is 1.74. The van der Waals surface area contributed by atoms with E-state index in [-0.39, 0.29) is 0 Å². The Labute approximate surface area is 98.6 Å². The third-order valence-electron chi connectivity index (χ3n) is 3.00. The number of hydrogen-bond acceptors (Lipinski definition) is 4. The van der Waals surface area contributed by atoms with E-state index in [2.05, 4.69) is 24.5 Å². The summed E-state index contributed by atoms with van der Waals surface area (Å²) in [6.07, 6.45) is 2.30. The second-order valence-electron chi connectivity index (χ2n) is 4.40. The van der Waals surface area contributed by atoms with Crippen LogP contribution in [0, 0.1) is 5.92 Å². The Hall–Kier alpha value is 0.260. The highest BCUT2D eigenvalue weighted by Gasteiger charge is 2.21. The van der Waals surface area contributed by atoms with Crippen LogP contribution in [0.15, 0.2) is 0 Å². The first kappa shape index (κ1) is 13.3. The Morgan fingerprint density at radius 1 is 1.27 bits per heavy atom. The summed E-state index contributed by atoms with van der Waals surface area (Å²) in [7, 11) is -2.72. The van der Waals surface area contributed by atoms with Crippen LogP contribution in [0.3, 0.4) is 0 Å². The standard InChI is InChI=1S/C10H21NO2S2/c1-10(3-7-14)2-4-11-5-8-15(12,13)9-6-11/h10,14H,2-9H2,1H3. The lowest BCUT2D eigenvalue weighted by molar-refractivity contribution is 0.272. The molecule has 1 aliphatic rings. The van der Waals surface area contributed by atoms with Crippen molar-refractivity contribution in [2.24, 2.45) is 5.92 Å². The summed E-state index contributed by atoms with van der Waals surface area (Å²) < 4.78 is 22.4. The maximum atomic E-state index is 11.2. The molecular weight excluding hydrogens is 230 g/mol. The van der Waals surface area contributed by atoms with E-state index >= 15 is 0 Å². The van der Waals surface area contributed by atoms with Crippen LogP contribution >= 0.6 is 12.6 Å². The molecule has 1 atom stereocenters. The third-order valence-corrected chi connectivity index (χ3v) is 4.86. The predicted molar refractivity (Wildman–Crippen MR) is 67.3 cm³/mol. The number of nitrogens with zero attached hydrogens (tertiary/aromatic N) is 1. The molecule has 0 bridgehead atoms. The summed E-state index contributed by atoms with van der Waals surface area (Å²) in [5, 5.41) is 0. The van der Waals surface area contributed by atoms with E-state index < -0.39 is 9.84 Å². The minimum Gasteiger partial charge on any atom is -0.301 e. The molecule has 0 spiro atoms. The van der Waals surface area contributed by atoms with Gasteiger partial charge in [0.15, 0.2) is 9.84 Å². The molecule has 0 N–H and O–H groups in total. The molecule has 1 heterocycles. The van der Waals surface area contributed by atoms with Crippen LogP contribution in [-0.2, 0) is 9.84 Å². The van der Waals surface area contributed by atoms with E-state index in [1.54, 1.807) is 0 Å². The van der Waals surface area contributed by atoms with Gasteiger partial charge in [0, 0.05) is 13.1 Å². The Morgan fingerprint density at radius 2 is 1.87 bits per heavy atom. The van der Waals surface area contributed by atoms with Crippen LogP contribution in [0.4, 0.5) is 0 Å². The van der Waals surface area contributed by atoms with Crippen molar-refractivity contribution in [1.82, 2.24) is 4.90 Å². The first-order valence-electron chi connectivity index (χ1n) is 5.57. The number of sulfone groups is 1. The summed E-state index contributed by atoms with van der Waals surface area (Å²) in [6, 6.07) is 0. The average Bonchev–Trinajstić information content (AvgIpc) is 2.17. The minimum absolute atomic E-state index is 0.341. The van der Waals surface area contributed by atoms with E-state index in [1.165, 1.54) is 0 Å². The lowest BCUT2D eigenvalue weighted by Crippen LogP contribution is -2.41. The highest BCUT2D eigenvalue weighted by molar-refractivity contribution is 7.91. The van der Waals surface area contributed by atoms with E-state index in [9.17, 15) is 8.42 Å². The molecular formula is C10H21NO2S2. The van der Waals surface area contributed by atoms with E-state index in [1.807, 2.05) is 0 Å². The van der Waals surface area contributed by atoms with Gasteiger partial charge in [-0.1, -0.05) is 6.92 Å². The SMILES string of the molecule is CC(CCS)CCN1CCS(=O)(=O)CC1. The molecule has 1 aliphatic heterocycles. The quantitative estimate of drug-likeness (QED) is 0.743. The summed E-state index contributed by atoms with van der Waals surface area (Å²) in [6.45, 7) is 4.70. The smallest absolute Gasteiger partial charge is 0.152 e. The topological polar surface area (TPSA) is 37.4 Å². The van der Waals surface area contributed by atoms with Crippen LogP contribution in [0.2, 0.25) is 0 Å². The van der Waals surface area contributed by atoms with Crippen molar-refractivity contribution in [2.75, 3.05) is 36.9 Å². The summed E-state index contributed by atoms with van der Waals surface area (Å²) >= 11 is 4.21. The van der Waals surface area contributed by atoms with Crippen molar-refractivity contribution in [2.45, 2.75) is 19.8 Å². The third kappa shape index (κ3) is 5.22. The van der Waals surface area contributed by atoms with E-state index in [4.69, 9.17) is 0 Å². The first-order valence-corrected chi connectivity index (χ1v) is 8.02. The van der Waals surface area contributed by atoms with E-state index in [0.717, 1.165) is 38.2 Å². The molecule has 0 radical (unpaired) electrons. The zero-order valence-corrected chi connectivity index (χ0v) is 11.1. The van der Waals surface area contributed by atoms with Gasteiger partial charge in [-0.3, -0.25) is 0 Å². The van der Waals surface area contributed by atoms with Gasteiger partial charge in [0.2, 0.25) is 0 Å². The highest BCUT2D eigenvalue weighted by Crippen LogP contribution is 2.11. The second-order valence-corrected chi connectivity index (χ2v) is 7.15. The Bertz CT molecular complexity index is 263. The van der Waals surface area contributed by atoms with Crippen LogP contribution in [0.1, 0.15) is 19.8 Å². The molecule has 1 rings (SSSR count). The minimum atomic E-state index is -2.72. The van der Waals surface area contributed by atoms with Gasteiger partial charge in [-0.15, -0.1) is 0 Å². The summed E-state index contributed by atoms with van der Waals surface area (Å²) in [5.74, 6) is 2.32.